The summed E-state index contributed by atoms with van der Waals surface area (Å²) in [5, 5.41) is 0.291. The highest BCUT2D eigenvalue weighted by Gasteiger charge is 2.49. The molecule has 2 rings (SSSR count). The van der Waals surface area contributed by atoms with Crippen molar-refractivity contribution in [1.29, 1.82) is 0 Å². The molecule has 1 fully saturated rings. The van der Waals surface area contributed by atoms with Gasteiger partial charge in [-0.3, -0.25) is 4.79 Å². The Labute approximate surface area is 182 Å². The molecule has 0 heterocycles. The van der Waals surface area contributed by atoms with E-state index in [-0.39, 0.29) is 22.3 Å². The quantitative estimate of drug-likeness (QED) is 0.424. The second-order valence-corrected chi connectivity index (χ2v) is 21.8. The molecule has 0 saturated heterocycles. The fourth-order valence-electron chi connectivity index (χ4n) is 4.15. The van der Waals surface area contributed by atoms with Crippen LogP contribution < -0.4 is 0 Å². The number of ketones is 1. The van der Waals surface area contributed by atoms with Crippen molar-refractivity contribution in [2.75, 3.05) is 0 Å². The maximum Gasteiger partial charge on any atom is 0.193 e. The molecule has 168 valence electrons. The maximum absolute atomic E-state index is 12.8. The molecule has 1 unspecified atom stereocenters. The van der Waals surface area contributed by atoms with E-state index in [0.717, 1.165) is 31.3 Å². The lowest BCUT2D eigenvalue weighted by Crippen LogP contribution is -2.52. The van der Waals surface area contributed by atoms with Crippen LogP contribution in [-0.4, -0.2) is 34.6 Å². The number of hydrogen-bond donors (Lipinski definition) is 0. The molecule has 0 amide bonds. The van der Waals surface area contributed by atoms with Crippen LogP contribution in [0.2, 0.25) is 36.3 Å². The lowest BCUT2D eigenvalue weighted by molar-refractivity contribution is -0.115. The smallest absolute Gasteiger partial charge is 0.193 e. The van der Waals surface area contributed by atoms with Crippen molar-refractivity contribution in [3.63, 3.8) is 0 Å². The third kappa shape index (κ3) is 5.16. The summed E-state index contributed by atoms with van der Waals surface area (Å²) in [6, 6.07) is 0. The van der Waals surface area contributed by atoms with Crippen LogP contribution in [0.4, 0.5) is 0 Å². The molecule has 29 heavy (non-hydrogen) atoms. The van der Waals surface area contributed by atoms with Crippen LogP contribution in [0.1, 0.15) is 80.6 Å². The summed E-state index contributed by atoms with van der Waals surface area (Å²) in [4.78, 5) is 12.8. The Morgan fingerprint density at radius 3 is 1.90 bits per heavy atom. The molecule has 0 aromatic rings. The Balaban J connectivity index is 2.53. The Kier molecular flexibility index (Phi) is 7.22. The maximum atomic E-state index is 12.8. The normalized spacial score (nSPS) is 27.3. The van der Waals surface area contributed by atoms with Gasteiger partial charge in [-0.2, -0.15) is 0 Å². The molecule has 3 atom stereocenters. The average Bonchev–Trinajstić information content (AvgIpc) is 2.76. The van der Waals surface area contributed by atoms with Gasteiger partial charge in [0, 0.05) is 6.42 Å². The standard InChI is InChI=1S/C24H46O3Si2/c1-12-18-19(25)16-17-14-13-15-20(26-28(8,9)23(2,3)4)22(21(17)18)27-29(10,11)24(5,6)7/h17,20,22H,12-16H2,1-11H3/t17?,20-,22+/m0/s1. The zero-order valence-corrected chi connectivity index (χ0v) is 23.0. The van der Waals surface area contributed by atoms with Crippen molar-refractivity contribution < 1.29 is 13.6 Å². The van der Waals surface area contributed by atoms with Crippen molar-refractivity contribution >= 4 is 22.4 Å². The van der Waals surface area contributed by atoms with Gasteiger partial charge in [-0.1, -0.05) is 54.9 Å². The van der Waals surface area contributed by atoms with Crippen LogP contribution in [0.25, 0.3) is 0 Å². The first-order valence-corrected chi connectivity index (χ1v) is 17.4. The molecular weight excluding hydrogens is 392 g/mol. The lowest BCUT2D eigenvalue weighted by atomic mass is 9.93. The minimum Gasteiger partial charge on any atom is -0.411 e. The number of allylic oxidation sites excluding steroid dienone is 1. The van der Waals surface area contributed by atoms with Crippen LogP contribution in [-0.2, 0) is 13.6 Å². The molecule has 5 heteroatoms. The van der Waals surface area contributed by atoms with Gasteiger partial charge in [0.05, 0.1) is 12.2 Å². The summed E-state index contributed by atoms with van der Waals surface area (Å²) >= 11 is 0. The zero-order chi connectivity index (χ0) is 22.4. The van der Waals surface area contributed by atoms with Crippen molar-refractivity contribution in [3.8, 4) is 0 Å². The van der Waals surface area contributed by atoms with Crippen molar-refractivity contribution in [3.05, 3.63) is 11.1 Å². The summed E-state index contributed by atoms with van der Waals surface area (Å²) in [7, 11) is -3.96. The molecule has 0 radical (unpaired) electrons. The molecular formula is C24H46O3Si2. The highest BCUT2D eigenvalue weighted by atomic mass is 28.4. The van der Waals surface area contributed by atoms with Crippen molar-refractivity contribution in [1.82, 2.24) is 0 Å². The predicted molar refractivity (Wildman–Crippen MR) is 128 cm³/mol. The Bertz CT molecular complexity index is 650. The molecule has 0 aromatic carbocycles. The van der Waals surface area contributed by atoms with Crippen molar-refractivity contribution in [2.45, 2.75) is 129 Å². The summed E-state index contributed by atoms with van der Waals surface area (Å²) in [5.41, 5.74) is 2.35. The average molecular weight is 439 g/mol. The van der Waals surface area contributed by atoms with Gasteiger partial charge in [-0.15, -0.1) is 0 Å². The van der Waals surface area contributed by atoms with E-state index in [0.29, 0.717) is 18.1 Å². The van der Waals surface area contributed by atoms with Gasteiger partial charge in [0.15, 0.2) is 22.4 Å². The second-order valence-electron chi connectivity index (χ2n) is 12.3. The van der Waals surface area contributed by atoms with Gasteiger partial charge >= 0.3 is 0 Å². The third-order valence-electron chi connectivity index (χ3n) is 8.08. The molecule has 1 saturated carbocycles. The minimum absolute atomic E-state index is 0.0566. The first kappa shape index (κ1) is 25.0. The largest absolute Gasteiger partial charge is 0.411 e. The fourth-order valence-corrected chi connectivity index (χ4v) is 6.77. The van der Waals surface area contributed by atoms with E-state index < -0.39 is 16.6 Å². The molecule has 2 aliphatic carbocycles. The van der Waals surface area contributed by atoms with Gasteiger partial charge < -0.3 is 8.85 Å². The fraction of sp³-hybridized carbons (Fsp3) is 0.875. The molecule has 0 spiro atoms. The number of carbonyl (C=O) groups excluding carboxylic acids is 1. The highest BCUT2D eigenvalue weighted by Crippen LogP contribution is 2.47. The Morgan fingerprint density at radius 2 is 1.41 bits per heavy atom. The van der Waals surface area contributed by atoms with Crippen LogP contribution in [0.15, 0.2) is 11.1 Å². The summed E-state index contributed by atoms with van der Waals surface area (Å²) in [6.07, 6.45) is 4.76. The number of rotatable bonds is 5. The van der Waals surface area contributed by atoms with Gasteiger partial charge in [-0.05, 0) is 72.6 Å². The summed E-state index contributed by atoms with van der Waals surface area (Å²) in [5.74, 6) is 0.713. The van der Waals surface area contributed by atoms with Crippen LogP contribution in [0.3, 0.4) is 0 Å². The van der Waals surface area contributed by atoms with Crippen LogP contribution >= 0.6 is 0 Å². The Morgan fingerprint density at radius 1 is 0.897 bits per heavy atom. The lowest BCUT2D eigenvalue weighted by Gasteiger charge is -2.45. The third-order valence-corrected chi connectivity index (χ3v) is 17.0. The van der Waals surface area contributed by atoms with Crippen LogP contribution in [0.5, 0.6) is 0 Å². The molecule has 0 N–H and O–H groups in total. The van der Waals surface area contributed by atoms with E-state index in [1.54, 1.807) is 0 Å². The van der Waals surface area contributed by atoms with E-state index in [4.69, 9.17) is 8.85 Å². The van der Waals surface area contributed by atoms with Gasteiger partial charge in [0.25, 0.3) is 0 Å². The van der Waals surface area contributed by atoms with Gasteiger partial charge in [0.1, 0.15) is 0 Å². The molecule has 0 bridgehead atoms. The molecule has 0 aliphatic heterocycles. The van der Waals surface area contributed by atoms with Crippen molar-refractivity contribution in [2.24, 2.45) is 5.92 Å². The molecule has 2 aliphatic rings. The monoisotopic (exact) mass is 438 g/mol. The number of fused-ring (bicyclic) bond motifs is 1. The van der Waals surface area contributed by atoms with E-state index in [1.807, 2.05) is 0 Å². The van der Waals surface area contributed by atoms with Gasteiger partial charge in [0.2, 0.25) is 0 Å². The summed E-state index contributed by atoms with van der Waals surface area (Å²) < 4.78 is 14.1. The van der Waals surface area contributed by atoms with E-state index in [9.17, 15) is 4.79 Å². The highest BCUT2D eigenvalue weighted by molar-refractivity contribution is 6.74. The number of hydrogen-bond acceptors (Lipinski definition) is 3. The Hall–Kier alpha value is -0.236. The SMILES string of the molecule is CCC1=C2C(CCC[C@H](O[Si](C)(C)C(C)(C)C)[C@H]2O[Si](C)(C)C(C)(C)C)CC1=O. The minimum atomic E-state index is -2.01. The van der Waals surface area contributed by atoms with E-state index in [2.05, 4.69) is 74.7 Å². The number of carbonyl (C=O) groups is 1. The molecule has 3 nitrogen and oxygen atoms in total. The topological polar surface area (TPSA) is 35.5 Å². The number of Topliss-reactive ketones (excluding diaryl/α,β-unsaturated/α-hetero) is 1. The summed E-state index contributed by atoms with van der Waals surface area (Å²) in [6.45, 7) is 25.3. The predicted octanol–water partition coefficient (Wildman–Crippen LogP) is 7.25. The second kappa shape index (κ2) is 8.36. The van der Waals surface area contributed by atoms with E-state index in [1.165, 1.54) is 5.57 Å². The first-order chi connectivity index (χ1) is 13.0. The van der Waals surface area contributed by atoms with E-state index >= 15 is 0 Å². The first-order valence-electron chi connectivity index (χ1n) is 11.6. The molecule has 0 aromatic heterocycles. The van der Waals surface area contributed by atoms with Crippen LogP contribution in [0, 0.1) is 5.92 Å². The zero-order valence-electron chi connectivity index (χ0n) is 21.0. The van der Waals surface area contributed by atoms with Gasteiger partial charge in [-0.25, -0.2) is 0 Å².